The van der Waals surface area contributed by atoms with Gasteiger partial charge in [-0.05, 0) is 24.6 Å². The van der Waals surface area contributed by atoms with Gasteiger partial charge in [0.05, 0.1) is 18.1 Å². The zero-order valence-electron chi connectivity index (χ0n) is 12.4. The predicted molar refractivity (Wildman–Crippen MR) is 90.4 cm³/mol. The Morgan fingerprint density at radius 2 is 1.82 bits per heavy atom. The Morgan fingerprint density at radius 1 is 1.00 bits per heavy atom. The Labute approximate surface area is 130 Å². The third kappa shape index (κ3) is 3.23. The number of aromatic nitrogens is 2. The molecule has 1 aromatic heterocycles. The van der Waals surface area contributed by atoms with Crippen LogP contribution in [0.25, 0.3) is 11.3 Å². The van der Waals surface area contributed by atoms with Gasteiger partial charge in [-0.2, -0.15) is 0 Å². The van der Waals surface area contributed by atoms with E-state index in [1.54, 1.807) is 12.4 Å². The molecule has 2 aromatic carbocycles. The standard InChI is InChI=1S/C18H18N4/c1-13(14-6-3-2-4-7-14)21-18-12-20-11-17(22-18)15-8-5-9-16(19)10-15/h2-13H,19H2,1H3,(H,21,22)/t13-/m0/s1. The molecule has 0 fully saturated rings. The summed E-state index contributed by atoms with van der Waals surface area (Å²) < 4.78 is 0. The van der Waals surface area contributed by atoms with E-state index in [-0.39, 0.29) is 6.04 Å². The molecule has 0 saturated carbocycles. The van der Waals surface area contributed by atoms with E-state index < -0.39 is 0 Å². The van der Waals surface area contributed by atoms with Crippen LogP contribution < -0.4 is 11.1 Å². The van der Waals surface area contributed by atoms with Gasteiger partial charge in [-0.3, -0.25) is 4.98 Å². The summed E-state index contributed by atoms with van der Waals surface area (Å²) >= 11 is 0. The molecule has 0 aliphatic carbocycles. The first-order valence-electron chi connectivity index (χ1n) is 7.22. The molecule has 0 unspecified atom stereocenters. The van der Waals surface area contributed by atoms with Crippen LogP contribution in [-0.2, 0) is 0 Å². The van der Waals surface area contributed by atoms with Gasteiger partial charge >= 0.3 is 0 Å². The fourth-order valence-corrected chi connectivity index (χ4v) is 2.32. The Hall–Kier alpha value is -2.88. The lowest BCUT2D eigenvalue weighted by Crippen LogP contribution is -2.08. The lowest BCUT2D eigenvalue weighted by Gasteiger charge is -2.15. The van der Waals surface area contributed by atoms with Crippen LogP contribution in [0, 0.1) is 0 Å². The zero-order chi connectivity index (χ0) is 15.4. The average Bonchev–Trinajstić information content (AvgIpc) is 2.56. The number of nitrogens with one attached hydrogen (secondary N) is 1. The third-order valence-corrected chi connectivity index (χ3v) is 3.48. The van der Waals surface area contributed by atoms with E-state index in [4.69, 9.17) is 5.73 Å². The number of rotatable bonds is 4. The van der Waals surface area contributed by atoms with Crippen LogP contribution in [0.3, 0.4) is 0 Å². The van der Waals surface area contributed by atoms with Crippen molar-refractivity contribution in [2.75, 3.05) is 11.1 Å². The van der Waals surface area contributed by atoms with Crippen LogP contribution in [0.2, 0.25) is 0 Å². The van der Waals surface area contributed by atoms with E-state index >= 15 is 0 Å². The Kier molecular flexibility index (Phi) is 4.01. The van der Waals surface area contributed by atoms with Crippen molar-refractivity contribution >= 4 is 11.5 Å². The van der Waals surface area contributed by atoms with Gasteiger partial charge in [0.1, 0.15) is 5.82 Å². The summed E-state index contributed by atoms with van der Waals surface area (Å²) in [5.41, 5.74) is 9.52. The predicted octanol–water partition coefficient (Wildman–Crippen LogP) is 3.90. The van der Waals surface area contributed by atoms with E-state index in [2.05, 4.69) is 34.3 Å². The molecule has 110 valence electrons. The molecule has 3 aromatic rings. The van der Waals surface area contributed by atoms with Crippen LogP contribution in [0.4, 0.5) is 11.5 Å². The molecule has 0 amide bonds. The number of hydrogen-bond donors (Lipinski definition) is 2. The highest BCUT2D eigenvalue weighted by molar-refractivity contribution is 5.64. The van der Waals surface area contributed by atoms with Crippen LogP contribution in [0.15, 0.2) is 67.0 Å². The van der Waals surface area contributed by atoms with E-state index in [0.29, 0.717) is 0 Å². The number of nitrogens with two attached hydrogens (primary N) is 1. The smallest absolute Gasteiger partial charge is 0.145 e. The molecule has 0 bridgehead atoms. The van der Waals surface area contributed by atoms with Gasteiger partial charge < -0.3 is 11.1 Å². The summed E-state index contributed by atoms with van der Waals surface area (Å²) in [6.07, 6.45) is 3.47. The quantitative estimate of drug-likeness (QED) is 0.715. The second-order valence-corrected chi connectivity index (χ2v) is 5.19. The highest BCUT2D eigenvalue weighted by Gasteiger charge is 2.07. The van der Waals surface area contributed by atoms with Crippen molar-refractivity contribution in [2.24, 2.45) is 0 Å². The fraction of sp³-hybridized carbons (Fsp3) is 0.111. The minimum absolute atomic E-state index is 0.159. The van der Waals surface area contributed by atoms with Crippen molar-refractivity contribution < 1.29 is 0 Å². The second kappa shape index (κ2) is 6.26. The van der Waals surface area contributed by atoms with Gasteiger partial charge in [0.25, 0.3) is 0 Å². The molecule has 0 radical (unpaired) electrons. The molecule has 0 aliphatic heterocycles. The Morgan fingerprint density at radius 3 is 2.59 bits per heavy atom. The number of hydrogen-bond acceptors (Lipinski definition) is 4. The summed E-state index contributed by atoms with van der Waals surface area (Å²) in [7, 11) is 0. The molecule has 0 aliphatic rings. The first kappa shape index (κ1) is 14.1. The highest BCUT2D eigenvalue weighted by Crippen LogP contribution is 2.22. The molecular weight excluding hydrogens is 272 g/mol. The number of nitrogens with zero attached hydrogens (tertiary/aromatic N) is 2. The van der Waals surface area contributed by atoms with Crippen molar-refractivity contribution in [3.63, 3.8) is 0 Å². The summed E-state index contributed by atoms with van der Waals surface area (Å²) in [4.78, 5) is 8.89. The first-order chi connectivity index (χ1) is 10.7. The van der Waals surface area contributed by atoms with Crippen LogP contribution in [0.5, 0.6) is 0 Å². The largest absolute Gasteiger partial charge is 0.399 e. The lowest BCUT2D eigenvalue weighted by molar-refractivity contribution is 0.872. The molecular formula is C18H18N4. The van der Waals surface area contributed by atoms with E-state index in [9.17, 15) is 0 Å². The Balaban J connectivity index is 1.83. The normalized spacial score (nSPS) is 11.9. The molecule has 1 heterocycles. The van der Waals surface area contributed by atoms with E-state index in [0.717, 1.165) is 22.8 Å². The lowest BCUT2D eigenvalue weighted by atomic mass is 10.1. The summed E-state index contributed by atoms with van der Waals surface area (Å²) in [5.74, 6) is 0.747. The summed E-state index contributed by atoms with van der Waals surface area (Å²) in [6, 6.07) is 18.1. The van der Waals surface area contributed by atoms with Gasteiger partial charge in [0, 0.05) is 17.3 Å². The first-order valence-corrected chi connectivity index (χ1v) is 7.22. The number of benzene rings is 2. The minimum Gasteiger partial charge on any atom is -0.399 e. The SMILES string of the molecule is C[C@H](Nc1cncc(-c2cccc(N)c2)n1)c1ccccc1. The van der Waals surface area contributed by atoms with Gasteiger partial charge in [-0.1, -0.05) is 42.5 Å². The molecule has 4 heteroatoms. The summed E-state index contributed by atoms with van der Waals surface area (Å²) in [6.45, 7) is 2.10. The topological polar surface area (TPSA) is 63.8 Å². The van der Waals surface area contributed by atoms with Crippen molar-refractivity contribution in [3.05, 3.63) is 72.6 Å². The molecule has 3 N–H and O–H groups in total. The van der Waals surface area contributed by atoms with Crippen LogP contribution in [0.1, 0.15) is 18.5 Å². The highest BCUT2D eigenvalue weighted by atomic mass is 15.0. The number of nitrogen functional groups attached to an aromatic ring is 1. The fourth-order valence-electron chi connectivity index (χ4n) is 2.32. The van der Waals surface area contributed by atoms with Crippen molar-refractivity contribution in [3.8, 4) is 11.3 Å². The molecule has 22 heavy (non-hydrogen) atoms. The summed E-state index contributed by atoms with van der Waals surface area (Å²) in [5, 5.41) is 3.38. The van der Waals surface area contributed by atoms with Crippen LogP contribution in [-0.4, -0.2) is 9.97 Å². The van der Waals surface area contributed by atoms with E-state index in [1.807, 2.05) is 42.5 Å². The second-order valence-electron chi connectivity index (χ2n) is 5.19. The van der Waals surface area contributed by atoms with Crippen molar-refractivity contribution in [2.45, 2.75) is 13.0 Å². The molecule has 0 spiro atoms. The average molecular weight is 290 g/mol. The maximum Gasteiger partial charge on any atom is 0.145 e. The van der Waals surface area contributed by atoms with Gasteiger partial charge in [-0.15, -0.1) is 0 Å². The monoisotopic (exact) mass is 290 g/mol. The minimum atomic E-state index is 0.159. The van der Waals surface area contributed by atoms with Crippen molar-refractivity contribution in [1.29, 1.82) is 0 Å². The molecule has 3 rings (SSSR count). The zero-order valence-corrected chi connectivity index (χ0v) is 12.4. The van der Waals surface area contributed by atoms with Crippen molar-refractivity contribution in [1.82, 2.24) is 9.97 Å². The molecule has 0 saturated heterocycles. The van der Waals surface area contributed by atoms with Crippen LogP contribution >= 0.6 is 0 Å². The van der Waals surface area contributed by atoms with E-state index in [1.165, 1.54) is 5.56 Å². The van der Waals surface area contributed by atoms with Gasteiger partial charge in [0.15, 0.2) is 0 Å². The third-order valence-electron chi connectivity index (χ3n) is 3.48. The Bertz CT molecular complexity index is 756. The van der Waals surface area contributed by atoms with Gasteiger partial charge in [0.2, 0.25) is 0 Å². The number of anilines is 2. The maximum atomic E-state index is 5.83. The molecule has 4 nitrogen and oxygen atoms in total. The maximum absolute atomic E-state index is 5.83. The molecule has 1 atom stereocenters. The van der Waals surface area contributed by atoms with Gasteiger partial charge in [-0.25, -0.2) is 4.98 Å².